The van der Waals surface area contributed by atoms with Crippen molar-refractivity contribution >= 4 is 5.69 Å². The van der Waals surface area contributed by atoms with Crippen molar-refractivity contribution in [3.8, 4) is 5.75 Å². The number of fused-ring (bicyclic) bond motifs is 1. The molecule has 0 spiro atoms. The van der Waals surface area contributed by atoms with Crippen molar-refractivity contribution < 1.29 is 4.74 Å². The maximum Gasteiger partial charge on any atom is 0.119 e. The van der Waals surface area contributed by atoms with E-state index in [2.05, 4.69) is 68.6 Å². The van der Waals surface area contributed by atoms with E-state index in [1.165, 1.54) is 29.7 Å². The molecule has 2 unspecified atom stereocenters. The van der Waals surface area contributed by atoms with Gasteiger partial charge in [0.2, 0.25) is 0 Å². The van der Waals surface area contributed by atoms with Gasteiger partial charge in [-0.3, -0.25) is 0 Å². The molecule has 2 aromatic rings. The molecule has 3 rings (SSSR count). The molecule has 1 heterocycles. The Morgan fingerprint density at radius 2 is 1.87 bits per heavy atom. The molecule has 1 aliphatic heterocycles. The minimum atomic E-state index is 0.0690. The summed E-state index contributed by atoms with van der Waals surface area (Å²) in [4.78, 5) is 0. The summed E-state index contributed by atoms with van der Waals surface area (Å²) in [5.41, 5.74) is 4.11. The van der Waals surface area contributed by atoms with Crippen LogP contribution in [0.1, 0.15) is 50.7 Å². The Bertz CT molecular complexity index is 663. The molecule has 0 fully saturated rings. The monoisotopic (exact) mass is 309 g/mol. The standard InChI is InChI=1S/C21H27NO/c1-5-9-17(15-10-7-6-8-11-15)20-21(2,3)18-14-16(23-4)12-13-19(18)22-20/h6-8,10-14,17,20,22H,5,9H2,1-4H3. The third-order valence-electron chi connectivity index (χ3n) is 5.24. The van der Waals surface area contributed by atoms with Crippen LogP contribution < -0.4 is 10.1 Å². The Morgan fingerprint density at radius 1 is 1.13 bits per heavy atom. The topological polar surface area (TPSA) is 21.3 Å². The van der Waals surface area contributed by atoms with Crippen molar-refractivity contribution in [3.05, 3.63) is 59.7 Å². The van der Waals surface area contributed by atoms with E-state index in [4.69, 9.17) is 4.74 Å². The zero-order chi connectivity index (χ0) is 16.4. The van der Waals surface area contributed by atoms with E-state index in [1.807, 2.05) is 6.07 Å². The zero-order valence-electron chi connectivity index (χ0n) is 14.6. The summed E-state index contributed by atoms with van der Waals surface area (Å²) < 4.78 is 5.43. The highest BCUT2D eigenvalue weighted by molar-refractivity contribution is 5.64. The van der Waals surface area contributed by atoms with Gasteiger partial charge in [-0.1, -0.05) is 57.5 Å². The lowest BCUT2D eigenvalue weighted by Crippen LogP contribution is -2.38. The fourth-order valence-electron chi connectivity index (χ4n) is 3.97. The lowest BCUT2D eigenvalue weighted by molar-refractivity contribution is 0.379. The van der Waals surface area contributed by atoms with Crippen LogP contribution in [0.15, 0.2) is 48.5 Å². The van der Waals surface area contributed by atoms with E-state index < -0.39 is 0 Å². The second-order valence-corrected chi connectivity index (χ2v) is 7.06. The first-order valence-electron chi connectivity index (χ1n) is 8.58. The molecule has 0 aromatic heterocycles. The van der Waals surface area contributed by atoms with Gasteiger partial charge in [0, 0.05) is 23.1 Å². The Morgan fingerprint density at radius 3 is 2.52 bits per heavy atom. The number of ether oxygens (including phenoxy) is 1. The van der Waals surface area contributed by atoms with Crippen LogP contribution in [0.4, 0.5) is 5.69 Å². The van der Waals surface area contributed by atoms with Crippen molar-refractivity contribution in [3.63, 3.8) is 0 Å². The number of hydrogen-bond donors (Lipinski definition) is 1. The highest BCUT2D eigenvalue weighted by Gasteiger charge is 2.43. The van der Waals surface area contributed by atoms with Gasteiger partial charge in [0.1, 0.15) is 5.75 Å². The third kappa shape index (κ3) is 2.83. The Balaban J connectivity index is 1.99. The molecule has 2 nitrogen and oxygen atoms in total. The Kier molecular flexibility index (Phi) is 4.34. The highest BCUT2D eigenvalue weighted by Crippen LogP contribution is 2.48. The summed E-state index contributed by atoms with van der Waals surface area (Å²) in [7, 11) is 1.73. The SMILES string of the molecule is CCCC(c1ccccc1)C1Nc2ccc(OC)cc2C1(C)C. The second kappa shape index (κ2) is 6.27. The predicted molar refractivity (Wildman–Crippen MR) is 97.5 cm³/mol. The van der Waals surface area contributed by atoms with E-state index >= 15 is 0 Å². The van der Waals surface area contributed by atoms with Crippen LogP contribution in [-0.4, -0.2) is 13.2 Å². The van der Waals surface area contributed by atoms with Gasteiger partial charge in [0.25, 0.3) is 0 Å². The molecule has 0 saturated carbocycles. The maximum atomic E-state index is 5.43. The van der Waals surface area contributed by atoms with Gasteiger partial charge >= 0.3 is 0 Å². The van der Waals surface area contributed by atoms with Crippen LogP contribution in [0.2, 0.25) is 0 Å². The second-order valence-electron chi connectivity index (χ2n) is 7.06. The predicted octanol–water partition coefficient (Wildman–Crippen LogP) is 5.35. The minimum Gasteiger partial charge on any atom is -0.497 e. The molecule has 122 valence electrons. The quantitative estimate of drug-likeness (QED) is 0.803. The molecule has 1 aliphatic rings. The van der Waals surface area contributed by atoms with Gasteiger partial charge in [-0.15, -0.1) is 0 Å². The van der Waals surface area contributed by atoms with Gasteiger partial charge in [-0.25, -0.2) is 0 Å². The van der Waals surface area contributed by atoms with Crippen LogP contribution >= 0.6 is 0 Å². The van der Waals surface area contributed by atoms with Gasteiger partial charge in [-0.2, -0.15) is 0 Å². The van der Waals surface area contributed by atoms with Crippen LogP contribution in [0, 0.1) is 0 Å². The van der Waals surface area contributed by atoms with Crippen LogP contribution in [0.5, 0.6) is 5.75 Å². The number of benzene rings is 2. The summed E-state index contributed by atoms with van der Waals surface area (Å²) in [5, 5.41) is 3.80. The minimum absolute atomic E-state index is 0.0690. The molecular formula is C21H27NO. The van der Waals surface area contributed by atoms with Crippen molar-refractivity contribution in [2.24, 2.45) is 0 Å². The zero-order valence-corrected chi connectivity index (χ0v) is 14.6. The molecule has 2 atom stereocenters. The van der Waals surface area contributed by atoms with Gasteiger partial charge < -0.3 is 10.1 Å². The summed E-state index contributed by atoms with van der Waals surface area (Å²) >= 11 is 0. The van der Waals surface area contributed by atoms with Crippen LogP contribution in [-0.2, 0) is 5.41 Å². The molecule has 0 saturated heterocycles. The molecule has 0 bridgehead atoms. The lowest BCUT2D eigenvalue weighted by atomic mass is 9.72. The normalized spacial score (nSPS) is 19.7. The first-order chi connectivity index (χ1) is 11.1. The van der Waals surface area contributed by atoms with Crippen LogP contribution in [0.25, 0.3) is 0 Å². The smallest absolute Gasteiger partial charge is 0.119 e. The first kappa shape index (κ1) is 15.9. The summed E-state index contributed by atoms with van der Waals surface area (Å²) in [6.07, 6.45) is 2.38. The molecule has 2 heteroatoms. The number of methoxy groups -OCH3 is 1. The largest absolute Gasteiger partial charge is 0.497 e. The lowest BCUT2D eigenvalue weighted by Gasteiger charge is -2.35. The van der Waals surface area contributed by atoms with Gasteiger partial charge in [-0.05, 0) is 35.7 Å². The molecule has 0 amide bonds. The van der Waals surface area contributed by atoms with E-state index in [9.17, 15) is 0 Å². The fraction of sp³-hybridized carbons (Fsp3) is 0.429. The number of nitrogens with one attached hydrogen (secondary N) is 1. The van der Waals surface area contributed by atoms with E-state index in [-0.39, 0.29) is 5.41 Å². The number of anilines is 1. The summed E-state index contributed by atoms with van der Waals surface area (Å²) in [6, 6.07) is 17.7. The third-order valence-corrected chi connectivity index (χ3v) is 5.24. The van der Waals surface area contributed by atoms with E-state index in [0.717, 1.165) is 5.75 Å². The van der Waals surface area contributed by atoms with E-state index in [0.29, 0.717) is 12.0 Å². The molecule has 0 aliphatic carbocycles. The summed E-state index contributed by atoms with van der Waals surface area (Å²) in [6.45, 7) is 6.97. The average molecular weight is 309 g/mol. The van der Waals surface area contributed by atoms with Crippen molar-refractivity contribution in [2.75, 3.05) is 12.4 Å². The van der Waals surface area contributed by atoms with Crippen molar-refractivity contribution in [1.29, 1.82) is 0 Å². The van der Waals surface area contributed by atoms with E-state index in [1.54, 1.807) is 7.11 Å². The maximum absolute atomic E-state index is 5.43. The molecular weight excluding hydrogens is 282 g/mol. The van der Waals surface area contributed by atoms with Gasteiger partial charge in [0.05, 0.1) is 7.11 Å². The van der Waals surface area contributed by atoms with Crippen molar-refractivity contribution in [1.82, 2.24) is 0 Å². The fourth-order valence-corrected chi connectivity index (χ4v) is 3.97. The first-order valence-corrected chi connectivity index (χ1v) is 8.58. The molecule has 23 heavy (non-hydrogen) atoms. The molecule has 1 N–H and O–H groups in total. The van der Waals surface area contributed by atoms with Crippen molar-refractivity contribution in [2.45, 2.75) is 51.0 Å². The Labute approximate surface area is 139 Å². The molecule has 0 radical (unpaired) electrons. The average Bonchev–Trinajstić information content (AvgIpc) is 2.84. The Hall–Kier alpha value is -1.96. The van der Waals surface area contributed by atoms with Gasteiger partial charge in [0.15, 0.2) is 0 Å². The number of hydrogen-bond acceptors (Lipinski definition) is 2. The number of rotatable bonds is 5. The molecule has 2 aromatic carbocycles. The van der Waals surface area contributed by atoms with Crippen LogP contribution in [0.3, 0.4) is 0 Å². The highest BCUT2D eigenvalue weighted by atomic mass is 16.5. The summed E-state index contributed by atoms with van der Waals surface area (Å²) in [5.74, 6) is 1.45.